The van der Waals surface area contributed by atoms with Crippen LogP contribution in [0.2, 0.25) is 0 Å². The molecular formula is C24H24N4O. The average Bonchev–Trinajstić information content (AvgIpc) is 3.10. The van der Waals surface area contributed by atoms with Crippen LogP contribution in [0, 0.1) is 13.8 Å². The number of aryl methyl sites for hydroxylation is 2. The monoisotopic (exact) mass is 384 g/mol. The van der Waals surface area contributed by atoms with Gasteiger partial charge in [0.25, 0.3) is 5.91 Å². The first-order chi connectivity index (χ1) is 13.9. The number of aromatic nitrogens is 3. The minimum Gasteiger partial charge on any atom is -0.322 e. The fourth-order valence-electron chi connectivity index (χ4n) is 3.41. The summed E-state index contributed by atoms with van der Waals surface area (Å²) in [6.07, 6.45) is 0. The number of hydrogen-bond donors (Lipinski definition) is 1. The molecule has 0 aliphatic heterocycles. The maximum Gasteiger partial charge on any atom is 0.255 e. The van der Waals surface area contributed by atoms with E-state index in [1.54, 1.807) is 4.80 Å². The fraction of sp³-hybridized carbons (Fsp3) is 0.208. The minimum atomic E-state index is -0.132. The van der Waals surface area contributed by atoms with Crippen LogP contribution in [-0.4, -0.2) is 20.9 Å². The highest BCUT2D eigenvalue weighted by molar-refractivity contribution is 6.05. The lowest BCUT2D eigenvalue weighted by atomic mass is 10.0. The van der Waals surface area contributed by atoms with E-state index in [0.29, 0.717) is 17.2 Å². The van der Waals surface area contributed by atoms with E-state index in [1.807, 2.05) is 56.3 Å². The molecule has 0 aliphatic carbocycles. The zero-order chi connectivity index (χ0) is 20.5. The van der Waals surface area contributed by atoms with E-state index in [4.69, 9.17) is 0 Å². The largest absolute Gasteiger partial charge is 0.322 e. The van der Waals surface area contributed by atoms with Gasteiger partial charge in [0.1, 0.15) is 11.0 Å². The number of hydrogen-bond acceptors (Lipinski definition) is 3. The highest BCUT2D eigenvalue weighted by atomic mass is 16.1. The van der Waals surface area contributed by atoms with Gasteiger partial charge in [-0.1, -0.05) is 43.2 Å². The van der Waals surface area contributed by atoms with Gasteiger partial charge >= 0.3 is 0 Å². The lowest BCUT2D eigenvalue weighted by Gasteiger charge is -2.07. The van der Waals surface area contributed by atoms with Crippen LogP contribution in [0.25, 0.3) is 16.7 Å². The summed E-state index contributed by atoms with van der Waals surface area (Å²) in [5.74, 6) is 0.352. The van der Waals surface area contributed by atoms with Gasteiger partial charge in [0.05, 0.1) is 5.69 Å². The maximum atomic E-state index is 12.6. The summed E-state index contributed by atoms with van der Waals surface area (Å²) in [5, 5.41) is 12.1. The van der Waals surface area contributed by atoms with E-state index >= 15 is 0 Å². The smallest absolute Gasteiger partial charge is 0.255 e. The van der Waals surface area contributed by atoms with Crippen molar-refractivity contribution in [3.63, 3.8) is 0 Å². The van der Waals surface area contributed by atoms with Gasteiger partial charge in [-0.25, -0.2) is 0 Å². The quantitative estimate of drug-likeness (QED) is 0.511. The summed E-state index contributed by atoms with van der Waals surface area (Å²) < 4.78 is 0. The first kappa shape index (κ1) is 18.9. The molecule has 0 radical (unpaired) electrons. The highest BCUT2D eigenvalue weighted by Crippen LogP contribution is 2.20. The molecular weight excluding hydrogens is 360 g/mol. The number of amides is 1. The Morgan fingerprint density at radius 2 is 1.52 bits per heavy atom. The number of anilines is 1. The Morgan fingerprint density at radius 1 is 0.862 bits per heavy atom. The normalized spacial score (nSPS) is 11.2. The molecule has 1 heterocycles. The van der Waals surface area contributed by atoms with Crippen molar-refractivity contribution in [2.45, 2.75) is 33.6 Å². The van der Waals surface area contributed by atoms with Crippen molar-refractivity contribution < 1.29 is 4.79 Å². The van der Waals surface area contributed by atoms with Crippen LogP contribution in [0.3, 0.4) is 0 Å². The zero-order valence-corrected chi connectivity index (χ0v) is 17.1. The third kappa shape index (κ3) is 4.04. The predicted molar refractivity (Wildman–Crippen MR) is 117 cm³/mol. The van der Waals surface area contributed by atoms with Crippen LogP contribution in [0.15, 0.2) is 60.7 Å². The van der Waals surface area contributed by atoms with E-state index < -0.39 is 0 Å². The van der Waals surface area contributed by atoms with E-state index in [-0.39, 0.29) is 5.91 Å². The Balaban J connectivity index is 1.59. The van der Waals surface area contributed by atoms with E-state index in [1.165, 1.54) is 5.56 Å². The van der Waals surface area contributed by atoms with Gasteiger partial charge < -0.3 is 5.32 Å². The third-order valence-electron chi connectivity index (χ3n) is 4.91. The third-order valence-corrected chi connectivity index (χ3v) is 4.91. The predicted octanol–water partition coefficient (Wildman–Crippen LogP) is 5.41. The fourth-order valence-corrected chi connectivity index (χ4v) is 3.41. The number of carbonyl (C=O) groups is 1. The van der Waals surface area contributed by atoms with Crippen LogP contribution in [0.1, 0.15) is 46.8 Å². The van der Waals surface area contributed by atoms with Crippen molar-refractivity contribution in [3.8, 4) is 5.69 Å². The van der Waals surface area contributed by atoms with Gasteiger partial charge in [-0.05, 0) is 67.8 Å². The molecule has 1 aromatic heterocycles. The number of fused-ring (bicyclic) bond motifs is 1. The Morgan fingerprint density at radius 3 is 2.17 bits per heavy atom. The maximum absolute atomic E-state index is 12.6. The molecule has 0 saturated carbocycles. The standard InChI is InChI=1S/C24H24N4O/c1-15(2)18-5-8-21(9-6-18)28-26-22-10-7-20(14-23(22)27-28)25-24(29)19-12-16(3)11-17(4)13-19/h5-15H,1-4H3,(H,25,29). The van der Waals surface area contributed by atoms with Crippen molar-refractivity contribution in [2.75, 3.05) is 5.32 Å². The summed E-state index contributed by atoms with van der Waals surface area (Å²) >= 11 is 0. The number of nitrogens with one attached hydrogen (secondary N) is 1. The molecule has 0 unspecified atom stereocenters. The zero-order valence-electron chi connectivity index (χ0n) is 17.1. The van der Waals surface area contributed by atoms with Gasteiger partial charge in [-0.3, -0.25) is 4.79 Å². The molecule has 5 heteroatoms. The number of nitrogens with zero attached hydrogens (tertiary/aromatic N) is 3. The summed E-state index contributed by atoms with van der Waals surface area (Å²) in [6.45, 7) is 8.32. The molecule has 146 valence electrons. The lowest BCUT2D eigenvalue weighted by molar-refractivity contribution is 0.102. The SMILES string of the molecule is Cc1cc(C)cc(C(=O)Nc2ccc3nn(-c4ccc(C(C)C)cc4)nc3c2)c1. The van der Waals surface area contributed by atoms with Gasteiger partial charge in [-0.2, -0.15) is 4.80 Å². The number of benzene rings is 3. The van der Waals surface area contributed by atoms with Crippen molar-refractivity contribution in [2.24, 2.45) is 0 Å². The molecule has 1 N–H and O–H groups in total. The second kappa shape index (κ2) is 7.51. The Bertz CT molecular complexity index is 1170. The topological polar surface area (TPSA) is 59.8 Å². The van der Waals surface area contributed by atoms with E-state index in [9.17, 15) is 4.79 Å². The van der Waals surface area contributed by atoms with Crippen LogP contribution >= 0.6 is 0 Å². The Kier molecular flexibility index (Phi) is 4.89. The second-order valence-electron chi connectivity index (χ2n) is 7.77. The van der Waals surface area contributed by atoms with Crippen LogP contribution in [-0.2, 0) is 0 Å². The molecule has 1 amide bonds. The van der Waals surface area contributed by atoms with Crippen LogP contribution in [0.4, 0.5) is 5.69 Å². The minimum absolute atomic E-state index is 0.132. The Labute approximate surface area is 170 Å². The molecule has 0 bridgehead atoms. The molecule has 4 rings (SSSR count). The lowest BCUT2D eigenvalue weighted by Crippen LogP contribution is -2.12. The van der Waals surface area contributed by atoms with Gasteiger partial charge in [0.2, 0.25) is 0 Å². The van der Waals surface area contributed by atoms with E-state index in [0.717, 1.165) is 27.8 Å². The van der Waals surface area contributed by atoms with Gasteiger partial charge in [0.15, 0.2) is 0 Å². The average molecular weight is 384 g/mol. The van der Waals surface area contributed by atoms with Gasteiger partial charge in [0, 0.05) is 11.3 Å². The first-order valence-electron chi connectivity index (χ1n) is 9.76. The Hall–Kier alpha value is -3.47. The van der Waals surface area contributed by atoms with Crippen molar-refractivity contribution in [1.29, 1.82) is 0 Å². The summed E-state index contributed by atoms with van der Waals surface area (Å²) in [6, 6.07) is 19.6. The molecule has 5 nitrogen and oxygen atoms in total. The van der Waals surface area contributed by atoms with Crippen LogP contribution < -0.4 is 5.32 Å². The summed E-state index contributed by atoms with van der Waals surface area (Å²) in [7, 11) is 0. The van der Waals surface area contributed by atoms with E-state index in [2.05, 4.69) is 47.6 Å². The number of rotatable bonds is 4. The molecule has 4 aromatic rings. The second-order valence-corrected chi connectivity index (χ2v) is 7.77. The summed E-state index contributed by atoms with van der Waals surface area (Å²) in [4.78, 5) is 14.2. The van der Waals surface area contributed by atoms with Crippen molar-refractivity contribution >= 4 is 22.6 Å². The van der Waals surface area contributed by atoms with Crippen molar-refractivity contribution in [3.05, 3.63) is 82.9 Å². The highest BCUT2D eigenvalue weighted by Gasteiger charge is 2.10. The molecule has 0 saturated heterocycles. The molecule has 0 atom stereocenters. The first-order valence-corrected chi connectivity index (χ1v) is 9.76. The number of carbonyl (C=O) groups excluding carboxylic acids is 1. The molecule has 29 heavy (non-hydrogen) atoms. The van der Waals surface area contributed by atoms with Crippen molar-refractivity contribution in [1.82, 2.24) is 15.0 Å². The molecule has 0 fully saturated rings. The summed E-state index contributed by atoms with van der Waals surface area (Å²) in [5.41, 5.74) is 7.18. The molecule has 0 aliphatic rings. The molecule has 3 aromatic carbocycles. The molecule has 0 spiro atoms. The van der Waals surface area contributed by atoms with Gasteiger partial charge in [-0.15, -0.1) is 10.2 Å². The van der Waals surface area contributed by atoms with Crippen LogP contribution in [0.5, 0.6) is 0 Å².